The molecular weight excluding hydrogens is 316 g/mol. The molecule has 0 radical (unpaired) electrons. The maximum Gasteiger partial charge on any atom is 0.0766 e. The molecular formula is C16H25BrN2O. The molecule has 20 heavy (non-hydrogen) atoms. The van der Waals surface area contributed by atoms with Crippen molar-refractivity contribution in [2.45, 2.75) is 65.0 Å². The number of rotatable bonds is 5. The van der Waals surface area contributed by atoms with Gasteiger partial charge in [-0.15, -0.1) is 0 Å². The number of hydrogen-bond donors (Lipinski definition) is 1. The third-order valence-electron chi connectivity index (χ3n) is 5.38. The fourth-order valence-electron chi connectivity index (χ4n) is 4.33. The highest BCUT2D eigenvalue weighted by molar-refractivity contribution is 9.10. The molecule has 1 N–H and O–H groups in total. The van der Waals surface area contributed by atoms with Gasteiger partial charge in [-0.25, -0.2) is 0 Å². The van der Waals surface area contributed by atoms with Crippen LogP contribution in [0.3, 0.4) is 0 Å². The van der Waals surface area contributed by atoms with Crippen molar-refractivity contribution in [1.82, 2.24) is 9.78 Å². The van der Waals surface area contributed by atoms with E-state index in [9.17, 15) is 5.11 Å². The van der Waals surface area contributed by atoms with Crippen LogP contribution < -0.4 is 0 Å². The number of aryl methyl sites for hydroxylation is 2. The molecule has 3 rings (SSSR count). The van der Waals surface area contributed by atoms with Gasteiger partial charge in [0.15, 0.2) is 0 Å². The van der Waals surface area contributed by atoms with Crippen LogP contribution in [0.4, 0.5) is 0 Å². The lowest BCUT2D eigenvalue weighted by molar-refractivity contribution is 0.0732. The smallest absolute Gasteiger partial charge is 0.0766 e. The maximum atomic E-state index is 10.7. The van der Waals surface area contributed by atoms with E-state index in [2.05, 4.69) is 39.6 Å². The van der Waals surface area contributed by atoms with Gasteiger partial charge in [0.25, 0.3) is 0 Å². The largest absolute Gasteiger partial charge is 0.392 e. The highest BCUT2D eigenvalue weighted by atomic mass is 79.9. The lowest BCUT2D eigenvalue weighted by Gasteiger charge is -2.27. The Kier molecular flexibility index (Phi) is 4.23. The summed E-state index contributed by atoms with van der Waals surface area (Å²) in [5, 5.41) is 15.3. The minimum Gasteiger partial charge on any atom is -0.392 e. The van der Waals surface area contributed by atoms with E-state index in [0.29, 0.717) is 5.92 Å². The van der Waals surface area contributed by atoms with E-state index >= 15 is 0 Å². The quantitative estimate of drug-likeness (QED) is 0.889. The molecule has 2 fully saturated rings. The van der Waals surface area contributed by atoms with E-state index in [1.807, 2.05) is 0 Å². The third kappa shape index (κ3) is 2.45. The maximum absolute atomic E-state index is 10.7. The van der Waals surface area contributed by atoms with E-state index in [4.69, 9.17) is 0 Å². The first kappa shape index (κ1) is 14.6. The highest BCUT2D eigenvalue weighted by Crippen LogP contribution is 2.50. The van der Waals surface area contributed by atoms with Crippen LogP contribution in [0.2, 0.25) is 0 Å². The summed E-state index contributed by atoms with van der Waals surface area (Å²) in [7, 11) is 0. The van der Waals surface area contributed by atoms with Crippen LogP contribution in [0.15, 0.2) is 4.47 Å². The Morgan fingerprint density at radius 3 is 2.70 bits per heavy atom. The zero-order valence-corrected chi connectivity index (χ0v) is 14.1. The van der Waals surface area contributed by atoms with E-state index in [0.717, 1.165) is 41.4 Å². The van der Waals surface area contributed by atoms with Crippen LogP contribution in [-0.2, 0) is 19.4 Å². The number of aliphatic hydroxyl groups is 1. The second-order valence-electron chi connectivity index (χ2n) is 6.49. The molecule has 4 atom stereocenters. The summed E-state index contributed by atoms with van der Waals surface area (Å²) in [5.74, 6) is 2.19. The second kappa shape index (κ2) is 5.80. The van der Waals surface area contributed by atoms with Crippen molar-refractivity contribution >= 4 is 15.9 Å². The van der Waals surface area contributed by atoms with Crippen molar-refractivity contribution in [3.8, 4) is 0 Å². The van der Waals surface area contributed by atoms with E-state index in [1.54, 1.807) is 0 Å². The fourth-order valence-corrected chi connectivity index (χ4v) is 5.05. The van der Waals surface area contributed by atoms with Crippen LogP contribution in [0.25, 0.3) is 0 Å². The molecule has 1 aromatic heterocycles. The predicted molar refractivity (Wildman–Crippen MR) is 83.6 cm³/mol. The van der Waals surface area contributed by atoms with Gasteiger partial charge in [0.05, 0.1) is 22.0 Å². The Hall–Kier alpha value is -0.350. The zero-order chi connectivity index (χ0) is 14.3. The SMILES string of the molecule is CCc1nn(CC)c(CC(O)C2CC3CCC2C3)c1Br. The van der Waals surface area contributed by atoms with Gasteiger partial charge in [0.2, 0.25) is 0 Å². The van der Waals surface area contributed by atoms with Crippen molar-refractivity contribution < 1.29 is 5.11 Å². The number of nitrogens with zero attached hydrogens (tertiary/aromatic N) is 2. The van der Waals surface area contributed by atoms with E-state index in [-0.39, 0.29) is 6.10 Å². The summed E-state index contributed by atoms with van der Waals surface area (Å²) in [6.45, 7) is 5.12. The Labute approximate surface area is 129 Å². The van der Waals surface area contributed by atoms with Gasteiger partial charge < -0.3 is 5.11 Å². The lowest BCUT2D eigenvalue weighted by Crippen LogP contribution is -2.28. The Morgan fingerprint density at radius 1 is 1.35 bits per heavy atom. The fraction of sp³-hybridized carbons (Fsp3) is 0.812. The molecule has 1 aromatic rings. The lowest BCUT2D eigenvalue weighted by atomic mass is 9.83. The van der Waals surface area contributed by atoms with Gasteiger partial charge in [-0.2, -0.15) is 5.10 Å². The molecule has 2 aliphatic rings. The van der Waals surface area contributed by atoms with Crippen LogP contribution in [0, 0.1) is 17.8 Å². The highest BCUT2D eigenvalue weighted by Gasteiger charge is 2.42. The summed E-state index contributed by atoms with van der Waals surface area (Å²) in [5.41, 5.74) is 2.29. The van der Waals surface area contributed by atoms with Crippen molar-refractivity contribution in [3.63, 3.8) is 0 Å². The van der Waals surface area contributed by atoms with Gasteiger partial charge >= 0.3 is 0 Å². The number of fused-ring (bicyclic) bond motifs is 2. The average molecular weight is 341 g/mol. The standard InChI is InChI=1S/C16H25BrN2O/c1-3-13-16(17)14(19(4-2)18-13)9-15(20)12-8-10-5-6-11(12)7-10/h10-12,15,20H,3-9H2,1-2H3. The topological polar surface area (TPSA) is 38.0 Å². The first-order valence-corrected chi connectivity index (χ1v) is 8.85. The first-order valence-electron chi connectivity index (χ1n) is 8.06. The van der Waals surface area contributed by atoms with Crippen molar-refractivity contribution in [2.24, 2.45) is 17.8 Å². The van der Waals surface area contributed by atoms with Crippen molar-refractivity contribution in [1.29, 1.82) is 0 Å². The van der Waals surface area contributed by atoms with E-state index in [1.165, 1.54) is 31.4 Å². The number of aliphatic hydroxyl groups excluding tert-OH is 1. The predicted octanol–water partition coefficient (Wildman–Crippen LogP) is 3.57. The summed E-state index contributed by atoms with van der Waals surface area (Å²) in [6, 6.07) is 0. The molecule has 2 aliphatic carbocycles. The molecule has 3 nitrogen and oxygen atoms in total. The average Bonchev–Trinajstić information content (AvgIpc) is 3.14. The van der Waals surface area contributed by atoms with Gasteiger partial charge in [0.1, 0.15) is 0 Å². The third-order valence-corrected chi connectivity index (χ3v) is 6.30. The summed E-state index contributed by atoms with van der Waals surface area (Å²) in [6.07, 6.45) is 6.81. The van der Waals surface area contributed by atoms with Crippen LogP contribution in [0.5, 0.6) is 0 Å². The minimum atomic E-state index is -0.201. The minimum absolute atomic E-state index is 0.201. The zero-order valence-electron chi connectivity index (χ0n) is 12.5. The molecule has 1 heterocycles. The molecule has 2 bridgehead atoms. The van der Waals surface area contributed by atoms with Crippen molar-refractivity contribution in [3.05, 3.63) is 15.9 Å². The summed E-state index contributed by atoms with van der Waals surface area (Å²) < 4.78 is 3.17. The molecule has 4 heteroatoms. The number of aromatic nitrogens is 2. The van der Waals surface area contributed by atoms with Gasteiger partial charge in [-0.3, -0.25) is 4.68 Å². The van der Waals surface area contributed by atoms with Gasteiger partial charge in [-0.05, 0) is 66.3 Å². The molecule has 0 aromatic carbocycles. The van der Waals surface area contributed by atoms with Crippen LogP contribution >= 0.6 is 15.9 Å². The molecule has 4 unspecified atom stereocenters. The normalized spacial score (nSPS) is 30.1. The molecule has 0 aliphatic heterocycles. The Morgan fingerprint density at radius 2 is 2.15 bits per heavy atom. The van der Waals surface area contributed by atoms with Gasteiger partial charge in [-0.1, -0.05) is 13.3 Å². The Bertz CT molecular complexity index is 485. The molecule has 2 saturated carbocycles. The monoisotopic (exact) mass is 340 g/mol. The summed E-state index contributed by atoms with van der Waals surface area (Å²) >= 11 is 3.69. The van der Waals surface area contributed by atoms with Crippen molar-refractivity contribution in [2.75, 3.05) is 0 Å². The van der Waals surface area contributed by atoms with Crippen LogP contribution in [0.1, 0.15) is 50.9 Å². The number of halogens is 1. The van der Waals surface area contributed by atoms with Crippen LogP contribution in [-0.4, -0.2) is 21.0 Å². The Balaban J connectivity index is 1.75. The van der Waals surface area contributed by atoms with E-state index < -0.39 is 0 Å². The number of hydrogen-bond acceptors (Lipinski definition) is 2. The molecule has 0 spiro atoms. The van der Waals surface area contributed by atoms with Gasteiger partial charge in [0, 0.05) is 13.0 Å². The molecule has 0 saturated heterocycles. The first-order chi connectivity index (χ1) is 9.63. The second-order valence-corrected chi connectivity index (χ2v) is 7.28. The molecule has 0 amide bonds. The summed E-state index contributed by atoms with van der Waals surface area (Å²) in [4.78, 5) is 0. The molecule has 112 valence electrons.